The van der Waals surface area contributed by atoms with E-state index in [2.05, 4.69) is 6.58 Å². The molecule has 0 aliphatic carbocycles. The Morgan fingerprint density at radius 3 is 2.14 bits per heavy atom. The summed E-state index contributed by atoms with van der Waals surface area (Å²) in [6.07, 6.45) is -7.76. The predicted octanol–water partition coefficient (Wildman–Crippen LogP) is 9.94. The molecule has 2 saturated heterocycles. The first-order chi connectivity index (χ1) is 23.1. The van der Waals surface area contributed by atoms with Crippen molar-refractivity contribution in [1.29, 1.82) is 0 Å². The molecule has 1 amide bonds. The summed E-state index contributed by atoms with van der Waals surface area (Å²) in [6.45, 7) is 5.69. The zero-order valence-electron chi connectivity index (χ0n) is 26.5. The second kappa shape index (κ2) is 12.4. The average molecular weight is 680 g/mol. The average Bonchev–Trinajstić information content (AvgIpc) is 3.64. The van der Waals surface area contributed by atoms with E-state index in [0.29, 0.717) is 24.2 Å². The van der Waals surface area contributed by atoms with Gasteiger partial charge in [-0.15, -0.1) is 0 Å². The number of carboxylic acids is 1. The van der Waals surface area contributed by atoms with Crippen LogP contribution in [0.1, 0.15) is 75.0 Å². The van der Waals surface area contributed by atoms with E-state index in [4.69, 9.17) is 4.74 Å². The Kier molecular flexibility index (Phi) is 8.58. The van der Waals surface area contributed by atoms with Crippen LogP contribution in [0.3, 0.4) is 0 Å². The molecular formula is C38H31F6NO4. The van der Waals surface area contributed by atoms with E-state index < -0.39 is 47.5 Å². The molecule has 0 saturated carbocycles. The van der Waals surface area contributed by atoms with Crippen LogP contribution in [0.15, 0.2) is 79.4 Å². The number of ether oxygens (including phenoxy) is 1. The zero-order valence-corrected chi connectivity index (χ0v) is 26.5. The molecular weight excluding hydrogens is 648 g/mol. The van der Waals surface area contributed by atoms with Gasteiger partial charge in [0.2, 0.25) is 5.91 Å². The van der Waals surface area contributed by atoms with Gasteiger partial charge < -0.3 is 14.7 Å². The van der Waals surface area contributed by atoms with E-state index in [-0.39, 0.29) is 29.5 Å². The SMILES string of the molecule is C=Cc1ccc(-c2cc(-c3ccc(C(=O)O)cc3C)ccc2OC)c([C@@H]2CC[C@H]3[C@@H](c4cc(C(F)(F)F)cc(C(F)(F)F)c4)CC(=O)N23)c1. The number of alkyl halides is 6. The van der Waals surface area contributed by atoms with Crippen LogP contribution < -0.4 is 4.74 Å². The molecule has 11 heteroatoms. The summed E-state index contributed by atoms with van der Waals surface area (Å²) >= 11 is 0. The van der Waals surface area contributed by atoms with Crippen LogP contribution in [0.25, 0.3) is 28.3 Å². The van der Waals surface area contributed by atoms with Gasteiger partial charge in [0.25, 0.3) is 0 Å². The molecule has 2 fully saturated rings. The number of carbonyl (C=O) groups excluding carboxylic acids is 1. The Balaban J connectivity index is 1.43. The summed E-state index contributed by atoms with van der Waals surface area (Å²) in [5.41, 5.74) is 2.42. The van der Waals surface area contributed by atoms with Crippen molar-refractivity contribution in [3.05, 3.63) is 118 Å². The summed E-state index contributed by atoms with van der Waals surface area (Å²) in [7, 11) is 1.52. The Hall–Kier alpha value is -5.06. The maximum atomic E-state index is 13.7. The highest BCUT2D eigenvalue weighted by molar-refractivity contribution is 5.90. The molecule has 49 heavy (non-hydrogen) atoms. The molecule has 4 aromatic carbocycles. The van der Waals surface area contributed by atoms with E-state index in [9.17, 15) is 41.0 Å². The third-order valence-electron chi connectivity index (χ3n) is 9.56. The van der Waals surface area contributed by atoms with Gasteiger partial charge in [-0.2, -0.15) is 26.3 Å². The van der Waals surface area contributed by atoms with Crippen LogP contribution >= 0.6 is 0 Å². The third-order valence-corrected chi connectivity index (χ3v) is 9.56. The Labute approximate surface area is 278 Å². The molecule has 0 spiro atoms. The van der Waals surface area contributed by atoms with Crippen molar-refractivity contribution < 1.29 is 45.8 Å². The topological polar surface area (TPSA) is 66.8 Å². The first kappa shape index (κ1) is 33.8. The lowest BCUT2D eigenvalue weighted by atomic mass is 9.87. The molecule has 6 rings (SSSR count). The molecule has 0 bridgehead atoms. The molecule has 4 aromatic rings. The fourth-order valence-electron chi connectivity index (χ4n) is 7.30. The summed E-state index contributed by atoms with van der Waals surface area (Å²) in [5.74, 6) is -1.73. The van der Waals surface area contributed by atoms with E-state index in [1.165, 1.54) is 13.2 Å². The number of nitrogens with zero attached hydrogens (tertiary/aromatic N) is 1. The molecule has 3 atom stereocenters. The van der Waals surface area contributed by atoms with Crippen molar-refractivity contribution in [3.63, 3.8) is 0 Å². The molecule has 1 N–H and O–H groups in total. The van der Waals surface area contributed by atoms with Gasteiger partial charge >= 0.3 is 18.3 Å². The zero-order chi connectivity index (χ0) is 35.4. The van der Waals surface area contributed by atoms with Crippen LogP contribution in [0.2, 0.25) is 0 Å². The maximum Gasteiger partial charge on any atom is 0.416 e. The molecule has 0 radical (unpaired) electrons. The number of fused-ring (bicyclic) bond motifs is 1. The normalized spacial score (nSPS) is 19.2. The van der Waals surface area contributed by atoms with Crippen molar-refractivity contribution in [1.82, 2.24) is 4.90 Å². The van der Waals surface area contributed by atoms with E-state index in [1.807, 2.05) is 37.3 Å². The fourth-order valence-corrected chi connectivity index (χ4v) is 7.30. The van der Waals surface area contributed by atoms with Crippen molar-refractivity contribution >= 4 is 18.0 Å². The molecule has 254 valence electrons. The van der Waals surface area contributed by atoms with Gasteiger partial charge in [0.15, 0.2) is 0 Å². The van der Waals surface area contributed by atoms with Crippen LogP contribution in [0, 0.1) is 6.92 Å². The number of hydrogen-bond donors (Lipinski definition) is 1. The minimum Gasteiger partial charge on any atom is -0.496 e. The molecule has 0 unspecified atom stereocenters. The number of benzene rings is 4. The number of aromatic carboxylic acids is 1. The Bertz CT molecular complexity index is 1950. The number of methoxy groups -OCH3 is 1. The van der Waals surface area contributed by atoms with Gasteiger partial charge in [0, 0.05) is 23.9 Å². The second-order valence-electron chi connectivity index (χ2n) is 12.4. The van der Waals surface area contributed by atoms with Gasteiger partial charge in [-0.1, -0.05) is 36.9 Å². The molecule has 0 aromatic heterocycles. The minimum absolute atomic E-state index is 0.103. The summed E-state index contributed by atoms with van der Waals surface area (Å²) in [4.78, 5) is 26.8. The highest BCUT2D eigenvalue weighted by atomic mass is 19.4. The van der Waals surface area contributed by atoms with Crippen LogP contribution in [-0.4, -0.2) is 35.0 Å². The number of amides is 1. The van der Waals surface area contributed by atoms with Crippen molar-refractivity contribution in [3.8, 4) is 28.0 Å². The predicted molar refractivity (Wildman–Crippen MR) is 172 cm³/mol. The Morgan fingerprint density at radius 1 is 0.878 bits per heavy atom. The van der Waals surface area contributed by atoms with Gasteiger partial charge in [0.05, 0.1) is 29.8 Å². The van der Waals surface area contributed by atoms with Crippen molar-refractivity contribution in [2.75, 3.05) is 7.11 Å². The van der Waals surface area contributed by atoms with Gasteiger partial charge in [-0.05, 0) is 107 Å². The molecule has 2 aliphatic rings. The third kappa shape index (κ3) is 6.29. The molecule has 5 nitrogen and oxygen atoms in total. The highest BCUT2D eigenvalue weighted by Gasteiger charge is 2.49. The van der Waals surface area contributed by atoms with Crippen LogP contribution in [-0.2, 0) is 17.1 Å². The minimum atomic E-state index is -5.00. The molecule has 2 heterocycles. The van der Waals surface area contributed by atoms with Crippen molar-refractivity contribution in [2.24, 2.45) is 0 Å². The van der Waals surface area contributed by atoms with E-state index in [0.717, 1.165) is 45.5 Å². The fraction of sp³-hybridized carbons (Fsp3) is 0.263. The number of aryl methyl sites for hydroxylation is 1. The van der Waals surface area contributed by atoms with Crippen LogP contribution in [0.4, 0.5) is 26.3 Å². The lowest BCUT2D eigenvalue weighted by molar-refractivity contribution is -0.143. The van der Waals surface area contributed by atoms with Crippen molar-refractivity contribution in [2.45, 2.75) is 56.5 Å². The molecule has 2 aliphatic heterocycles. The quantitative estimate of drug-likeness (QED) is 0.198. The van der Waals surface area contributed by atoms with E-state index >= 15 is 0 Å². The lowest BCUT2D eigenvalue weighted by Gasteiger charge is -2.29. The monoisotopic (exact) mass is 679 g/mol. The lowest BCUT2D eigenvalue weighted by Crippen LogP contribution is -2.31. The van der Waals surface area contributed by atoms with Gasteiger partial charge in [0.1, 0.15) is 5.75 Å². The van der Waals surface area contributed by atoms with Gasteiger partial charge in [-0.3, -0.25) is 4.79 Å². The van der Waals surface area contributed by atoms with E-state index in [1.54, 1.807) is 29.2 Å². The van der Waals surface area contributed by atoms with Gasteiger partial charge in [-0.25, -0.2) is 4.79 Å². The summed E-state index contributed by atoms with van der Waals surface area (Å²) in [6, 6.07) is 16.5. The largest absolute Gasteiger partial charge is 0.496 e. The first-order valence-electron chi connectivity index (χ1n) is 15.5. The Morgan fingerprint density at radius 2 is 1.55 bits per heavy atom. The maximum absolute atomic E-state index is 13.7. The first-order valence-corrected chi connectivity index (χ1v) is 15.5. The second-order valence-corrected chi connectivity index (χ2v) is 12.4. The highest BCUT2D eigenvalue weighted by Crippen LogP contribution is 2.52. The summed E-state index contributed by atoms with van der Waals surface area (Å²) < 4.78 is 88.0. The smallest absolute Gasteiger partial charge is 0.416 e. The summed E-state index contributed by atoms with van der Waals surface area (Å²) in [5, 5.41) is 9.42. The standard InChI is InChI=1S/C38H31F6NO4/c1-4-21-5-8-28(31-17-22(7-12-34(31)49-3)27-9-6-23(36(47)48)13-20(27)2)30(14-21)33-11-10-32-29(19-35(46)45(32)33)24-15-25(37(39,40)41)18-26(16-24)38(42,43)44/h4-9,12-18,29,32-33H,1,10-11,19H2,2-3H3,(H,47,48)/t29-,32+,33+/m1/s1. The number of rotatable bonds is 7. The number of carbonyl (C=O) groups is 2. The number of halogens is 6. The number of hydrogen-bond acceptors (Lipinski definition) is 3. The van der Waals surface area contributed by atoms with Crippen LogP contribution in [0.5, 0.6) is 5.75 Å². The number of carboxylic acid groups (broad SMARTS) is 1.